The summed E-state index contributed by atoms with van der Waals surface area (Å²) in [7, 11) is 0. The third-order valence-corrected chi connectivity index (χ3v) is 4.59. The van der Waals surface area contributed by atoms with Gasteiger partial charge < -0.3 is 5.32 Å². The fourth-order valence-corrected chi connectivity index (χ4v) is 2.93. The van der Waals surface area contributed by atoms with E-state index in [9.17, 15) is 26.7 Å². The maximum atomic E-state index is 14.1. The molecule has 2 rings (SSSR count). The summed E-state index contributed by atoms with van der Waals surface area (Å²) in [5.41, 5.74) is -1.36. The Bertz CT molecular complexity index is 711. The average Bonchev–Trinajstić information content (AvgIpc) is 3.38. The Kier molecular flexibility index (Phi) is 6.65. The van der Waals surface area contributed by atoms with Crippen molar-refractivity contribution in [3.8, 4) is 6.07 Å². The van der Waals surface area contributed by atoms with Crippen LogP contribution in [0, 0.1) is 11.3 Å². The monoisotopic (exact) mass is 403 g/mol. The number of amides is 1. The van der Waals surface area contributed by atoms with Gasteiger partial charge in [-0.15, -0.1) is 0 Å². The highest BCUT2D eigenvalue weighted by molar-refractivity contribution is 5.83. The molecular weight excluding hydrogens is 381 g/mol. The number of hydrogen-bond donors (Lipinski definition) is 2. The van der Waals surface area contributed by atoms with Crippen LogP contribution in [0.1, 0.15) is 50.6 Å². The first-order chi connectivity index (χ1) is 13.0. The highest BCUT2D eigenvalue weighted by Crippen LogP contribution is 2.37. The van der Waals surface area contributed by atoms with E-state index < -0.39 is 48.5 Å². The van der Waals surface area contributed by atoms with Gasteiger partial charge in [0, 0.05) is 12.8 Å². The Balaban J connectivity index is 2.28. The minimum Gasteiger partial charge on any atom is -0.336 e. The summed E-state index contributed by atoms with van der Waals surface area (Å²) in [6.45, 7) is 1.52. The summed E-state index contributed by atoms with van der Waals surface area (Å²) in [5, 5.41) is 13.5. The summed E-state index contributed by atoms with van der Waals surface area (Å²) in [6.07, 6.45) is -5.64. The van der Waals surface area contributed by atoms with Crippen molar-refractivity contribution in [2.24, 2.45) is 0 Å². The molecule has 1 aromatic rings. The molecule has 0 unspecified atom stereocenters. The van der Waals surface area contributed by atoms with E-state index in [-0.39, 0.29) is 12.0 Å². The lowest BCUT2D eigenvalue weighted by Crippen LogP contribution is -2.53. The van der Waals surface area contributed by atoms with Gasteiger partial charge in [0.25, 0.3) is 0 Å². The molecule has 0 radical (unpaired) electrons. The van der Waals surface area contributed by atoms with Crippen LogP contribution in [0.2, 0.25) is 0 Å². The number of nitrogens with zero attached hydrogens (tertiary/aromatic N) is 1. The van der Waals surface area contributed by atoms with Crippen LogP contribution in [-0.4, -0.2) is 29.6 Å². The lowest BCUT2D eigenvalue weighted by atomic mass is 9.99. The van der Waals surface area contributed by atoms with Crippen molar-refractivity contribution in [3.63, 3.8) is 0 Å². The Labute approximate surface area is 160 Å². The van der Waals surface area contributed by atoms with E-state index in [2.05, 4.69) is 10.6 Å². The van der Waals surface area contributed by atoms with Crippen LogP contribution >= 0.6 is 0 Å². The Morgan fingerprint density at radius 1 is 1.21 bits per heavy atom. The number of rotatable bonds is 9. The van der Waals surface area contributed by atoms with Crippen LogP contribution in [0.15, 0.2) is 30.3 Å². The van der Waals surface area contributed by atoms with E-state index in [1.54, 1.807) is 0 Å². The van der Waals surface area contributed by atoms with E-state index in [1.807, 2.05) is 6.07 Å². The molecular formula is C19H22F5N3O. The van der Waals surface area contributed by atoms with Crippen molar-refractivity contribution in [1.82, 2.24) is 10.6 Å². The van der Waals surface area contributed by atoms with Gasteiger partial charge in [-0.25, -0.2) is 8.78 Å². The molecule has 2 N–H and O–H groups in total. The minimum atomic E-state index is -4.80. The van der Waals surface area contributed by atoms with E-state index >= 15 is 0 Å². The second-order valence-electron chi connectivity index (χ2n) is 7.10. The van der Waals surface area contributed by atoms with Crippen LogP contribution in [0.25, 0.3) is 0 Å². The molecule has 0 spiro atoms. The molecule has 0 heterocycles. The van der Waals surface area contributed by atoms with Gasteiger partial charge in [0.15, 0.2) is 0 Å². The molecule has 0 bridgehead atoms. The molecule has 28 heavy (non-hydrogen) atoms. The zero-order chi connectivity index (χ0) is 21.0. The molecule has 0 saturated heterocycles. The number of benzene rings is 1. The van der Waals surface area contributed by atoms with Crippen molar-refractivity contribution in [2.45, 2.75) is 68.7 Å². The van der Waals surface area contributed by atoms with Crippen molar-refractivity contribution < 1.29 is 26.7 Å². The summed E-state index contributed by atoms with van der Waals surface area (Å²) in [5.74, 6) is -4.35. The van der Waals surface area contributed by atoms with Gasteiger partial charge in [-0.2, -0.15) is 18.4 Å². The molecule has 1 fully saturated rings. The number of nitriles is 1. The quantitative estimate of drug-likeness (QED) is 0.606. The van der Waals surface area contributed by atoms with E-state index in [0.717, 1.165) is 0 Å². The first kappa shape index (κ1) is 22.1. The third-order valence-electron chi connectivity index (χ3n) is 4.59. The van der Waals surface area contributed by atoms with Crippen LogP contribution < -0.4 is 10.6 Å². The number of alkyl halides is 5. The molecule has 0 aromatic heterocycles. The lowest BCUT2D eigenvalue weighted by molar-refractivity contribution is -0.163. The third kappa shape index (κ3) is 5.89. The van der Waals surface area contributed by atoms with Crippen molar-refractivity contribution in [3.05, 3.63) is 35.9 Å². The normalized spacial score (nSPS) is 18.0. The fraction of sp³-hybridized carbons (Fsp3) is 0.579. The largest absolute Gasteiger partial charge is 0.407 e. The number of carbonyl (C=O) groups is 1. The smallest absolute Gasteiger partial charge is 0.336 e. The Morgan fingerprint density at radius 3 is 2.29 bits per heavy atom. The van der Waals surface area contributed by atoms with Gasteiger partial charge in [0.1, 0.15) is 11.6 Å². The van der Waals surface area contributed by atoms with Gasteiger partial charge in [-0.05, 0) is 18.4 Å². The summed E-state index contributed by atoms with van der Waals surface area (Å²) < 4.78 is 69.1. The maximum absolute atomic E-state index is 14.1. The van der Waals surface area contributed by atoms with Crippen LogP contribution in [0.4, 0.5) is 22.0 Å². The van der Waals surface area contributed by atoms with E-state index in [1.165, 1.54) is 37.3 Å². The van der Waals surface area contributed by atoms with Gasteiger partial charge >= 0.3 is 6.18 Å². The zero-order valence-corrected chi connectivity index (χ0v) is 15.3. The van der Waals surface area contributed by atoms with Crippen molar-refractivity contribution in [2.75, 3.05) is 0 Å². The molecule has 9 heteroatoms. The Morgan fingerprint density at radius 2 is 1.82 bits per heavy atom. The number of halogens is 5. The second kappa shape index (κ2) is 8.43. The number of nitrogens with one attached hydrogen (secondary N) is 2. The maximum Gasteiger partial charge on any atom is 0.407 e. The zero-order valence-electron chi connectivity index (χ0n) is 15.3. The molecule has 1 saturated carbocycles. The molecule has 4 nitrogen and oxygen atoms in total. The predicted molar refractivity (Wildman–Crippen MR) is 92.4 cm³/mol. The summed E-state index contributed by atoms with van der Waals surface area (Å²) in [6, 6.07) is 4.51. The van der Waals surface area contributed by atoms with Gasteiger partial charge in [-0.3, -0.25) is 10.1 Å². The van der Waals surface area contributed by atoms with E-state index in [4.69, 9.17) is 5.26 Å². The molecule has 1 amide bonds. The molecule has 1 aliphatic carbocycles. The number of hydrogen-bond acceptors (Lipinski definition) is 3. The molecule has 1 aromatic carbocycles. The molecule has 0 aliphatic heterocycles. The summed E-state index contributed by atoms with van der Waals surface area (Å²) >= 11 is 0. The van der Waals surface area contributed by atoms with Gasteiger partial charge in [0.05, 0.1) is 12.1 Å². The standard InChI is InChI=1S/C19H22F5N3O/c1-2-8-18(20,21)11-14(16(28)27-17(12-25)9-10-17)26-15(19(22,23)24)13-6-4-3-5-7-13/h3-7,14-15,26H,2,8-11H2,1H3,(H,27,28)/t14-,15-/m0/s1. The number of carbonyl (C=O) groups excluding carboxylic acids is 1. The summed E-state index contributed by atoms with van der Waals surface area (Å²) in [4.78, 5) is 12.5. The SMILES string of the molecule is CCCC(F)(F)C[C@H](N[C@@H](c1ccccc1)C(F)(F)F)C(=O)NC1(C#N)CC1. The molecule has 154 valence electrons. The van der Waals surface area contributed by atoms with Crippen LogP contribution in [0.5, 0.6) is 0 Å². The predicted octanol–water partition coefficient (Wildman–Crippen LogP) is 4.25. The highest BCUT2D eigenvalue weighted by Gasteiger charge is 2.49. The van der Waals surface area contributed by atoms with Crippen molar-refractivity contribution >= 4 is 5.91 Å². The van der Waals surface area contributed by atoms with Crippen molar-refractivity contribution in [1.29, 1.82) is 5.26 Å². The minimum absolute atomic E-state index is 0.116. The lowest BCUT2D eigenvalue weighted by Gasteiger charge is -2.30. The highest BCUT2D eigenvalue weighted by atomic mass is 19.4. The second-order valence-corrected chi connectivity index (χ2v) is 7.10. The van der Waals surface area contributed by atoms with Crippen LogP contribution in [0.3, 0.4) is 0 Å². The molecule has 1 aliphatic rings. The first-order valence-corrected chi connectivity index (χ1v) is 9.01. The van der Waals surface area contributed by atoms with E-state index in [0.29, 0.717) is 12.8 Å². The first-order valence-electron chi connectivity index (χ1n) is 9.01. The molecule has 2 atom stereocenters. The fourth-order valence-electron chi connectivity index (χ4n) is 2.93. The topological polar surface area (TPSA) is 64.9 Å². The van der Waals surface area contributed by atoms with Gasteiger partial charge in [0.2, 0.25) is 11.8 Å². The van der Waals surface area contributed by atoms with Gasteiger partial charge in [-0.1, -0.05) is 43.7 Å². The average molecular weight is 403 g/mol. The Hall–Kier alpha value is -2.21. The van der Waals surface area contributed by atoms with Crippen LogP contribution in [-0.2, 0) is 4.79 Å².